The summed E-state index contributed by atoms with van der Waals surface area (Å²) in [5.74, 6) is 0.944. The van der Waals surface area contributed by atoms with Crippen molar-refractivity contribution < 1.29 is 4.74 Å². The van der Waals surface area contributed by atoms with Crippen LogP contribution in [0.5, 0.6) is 0 Å². The summed E-state index contributed by atoms with van der Waals surface area (Å²) in [4.78, 5) is 0. The molecule has 23 heavy (non-hydrogen) atoms. The van der Waals surface area contributed by atoms with Crippen LogP contribution in [0.4, 0.5) is 0 Å². The smallest absolute Gasteiger partial charge is 0.0518 e. The van der Waals surface area contributed by atoms with Crippen LogP contribution in [0.1, 0.15) is 117 Å². The molecule has 1 saturated carbocycles. The Morgan fingerprint density at radius 3 is 1.70 bits per heavy atom. The van der Waals surface area contributed by atoms with Crippen LogP contribution in [-0.2, 0) is 4.74 Å². The molecule has 1 aliphatic carbocycles. The largest absolute Gasteiger partial charge is 0.384 e. The van der Waals surface area contributed by atoms with Crippen molar-refractivity contribution >= 4 is 0 Å². The van der Waals surface area contributed by atoms with E-state index in [-0.39, 0.29) is 0 Å². The third-order valence-corrected chi connectivity index (χ3v) is 6.01. The topological polar surface area (TPSA) is 9.23 Å². The first-order valence-corrected chi connectivity index (χ1v) is 10.7. The van der Waals surface area contributed by atoms with Crippen molar-refractivity contribution in [2.24, 2.45) is 11.3 Å². The van der Waals surface area contributed by atoms with Gasteiger partial charge in [-0.05, 0) is 30.6 Å². The molecule has 1 rings (SSSR count). The van der Waals surface area contributed by atoms with E-state index in [0.717, 1.165) is 12.5 Å². The van der Waals surface area contributed by atoms with Crippen LogP contribution in [0, 0.1) is 11.3 Å². The highest BCUT2D eigenvalue weighted by molar-refractivity contribution is 4.92. The molecule has 0 bridgehead atoms. The quantitative estimate of drug-likeness (QED) is 0.251. The summed E-state index contributed by atoms with van der Waals surface area (Å²) in [5.41, 5.74) is 0.615. The second kappa shape index (κ2) is 13.3. The number of hydrogen-bond donors (Lipinski definition) is 0. The molecule has 0 spiro atoms. The maximum Gasteiger partial charge on any atom is 0.0518 e. The molecule has 0 aromatic rings. The molecule has 0 saturated heterocycles. The fraction of sp³-hybridized carbons (Fsp3) is 1.00. The van der Waals surface area contributed by atoms with Gasteiger partial charge in [0.15, 0.2) is 0 Å². The Kier molecular flexibility index (Phi) is 12.1. The van der Waals surface area contributed by atoms with Crippen LogP contribution in [0.15, 0.2) is 0 Å². The first-order chi connectivity index (χ1) is 11.2. The van der Waals surface area contributed by atoms with E-state index in [9.17, 15) is 0 Å². The number of rotatable bonds is 17. The predicted molar refractivity (Wildman–Crippen MR) is 103 cm³/mol. The van der Waals surface area contributed by atoms with Gasteiger partial charge in [-0.15, -0.1) is 0 Å². The highest BCUT2D eigenvalue weighted by atomic mass is 16.5. The fourth-order valence-corrected chi connectivity index (χ4v) is 3.74. The van der Waals surface area contributed by atoms with E-state index in [4.69, 9.17) is 4.74 Å². The lowest BCUT2D eigenvalue weighted by atomic mass is 9.98. The molecule has 0 aromatic carbocycles. The van der Waals surface area contributed by atoms with Gasteiger partial charge >= 0.3 is 0 Å². The van der Waals surface area contributed by atoms with E-state index in [2.05, 4.69) is 13.8 Å². The minimum absolute atomic E-state index is 0.615. The predicted octanol–water partition coefficient (Wildman–Crippen LogP) is 7.53. The van der Waals surface area contributed by atoms with E-state index in [0.29, 0.717) is 5.41 Å². The summed E-state index contributed by atoms with van der Waals surface area (Å²) in [6.07, 6.45) is 23.1. The fourth-order valence-electron chi connectivity index (χ4n) is 3.74. The van der Waals surface area contributed by atoms with Crippen LogP contribution >= 0.6 is 0 Å². The Bertz CT molecular complexity index is 257. The summed E-state index contributed by atoms with van der Waals surface area (Å²) in [7, 11) is 1.85. The molecule has 0 amide bonds. The van der Waals surface area contributed by atoms with Crippen LogP contribution in [0.3, 0.4) is 0 Å². The lowest BCUT2D eigenvalue weighted by Gasteiger charge is -2.13. The standard InChI is InChI=1S/C22H44O/c1-4-21(2)16-14-12-10-8-6-5-7-9-11-13-15-17-22(18-19-22)20-23-3/h21H,4-20H2,1-3H3. The molecule has 1 atom stereocenters. The summed E-state index contributed by atoms with van der Waals surface area (Å²) in [6.45, 7) is 5.71. The van der Waals surface area contributed by atoms with Crippen molar-refractivity contribution in [2.45, 2.75) is 117 Å². The Balaban J connectivity index is 1.72. The van der Waals surface area contributed by atoms with Crippen LogP contribution in [-0.4, -0.2) is 13.7 Å². The second-order valence-electron chi connectivity index (χ2n) is 8.37. The molecular formula is C22H44O. The molecular weight excluding hydrogens is 280 g/mol. The third kappa shape index (κ3) is 11.2. The maximum atomic E-state index is 5.34. The molecule has 0 radical (unpaired) electrons. The van der Waals surface area contributed by atoms with Gasteiger partial charge in [-0.1, -0.05) is 97.3 Å². The van der Waals surface area contributed by atoms with Crippen molar-refractivity contribution in [2.75, 3.05) is 13.7 Å². The summed E-state index contributed by atoms with van der Waals surface area (Å²) < 4.78 is 5.34. The third-order valence-electron chi connectivity index (χ3n) is 6.01. The van der Waals surface area contributed by atoms with Crippen LogP contribution < -0.4 is 0 Å². The molecule has 0 aliphatic heterocycles. The second-order valence-corrected chi connectivity index (χ2v) is 8.37. The Hall–Kier alpha value is -0.0400. The zero-order chi connectivity index (χ0) is 16.8. The zero-order valence-corrected chi connectivity index (χ0v) is 16.5. The van der Waals surface area contributed by atoms with Gasteiger partial charge in [0, 0.05) is 7.11 Å². The average molecular weight is 325 g/mol. The van der Waals surface area contributed by atoms with E-state index in [1.54, 1.807) is 0 Å². The Labute approximate surface area is 147 Å². The lowest BCUT2D eigenvalue weighted by molar-refractivity contribution is 0.134. The monoisotopic (exact) mass is 324 g/mol. The van der Waals surface area contributed by atoms with Gasteiger partial charge in [0.05, 0.1) is 6.61 Å². The SMILES string of the molecule is CCC(C)CCCCCCCCCCCCCC1(COC)CC1. The molecule has 0 N–H and O–H groups in total. The van der Waals surface area contributed by atoms with Crippen molar-refractivity contribution in [3.63, 3.8) is 0 Å². The highest BCUT2D eigenvalue weighted by Gasteiger charge is 2.41. The molecule has 0 heterocycles. The van der Waals surface area contributed by atoms with Crippen molar-refractivity contribution in [3.05, 3.63) is 0 Å². The maximum absolute atomic E-state index is 5.34. The molecule has 1 aliphatic rings. The van der Waals surface area contributed by atoms with E-state index in [1.807, 2.05) is 7.11 Å². The minimum Gasteiger partial charge on any atom is -0.384 e. The van der Waals surface area contributed by atoms with Crippen molar-refractivity contribution in [1.29, 1.82) is 0 Å². The molecule has 138 valence electrons. The first kappa shape index (κ1) is 21.0. The van der Waals surface area contributed by atoms with Gasteiger partial charge < -0.3 is 4.74 Å². The summed E-state index contributed by atoms with van der Waals surface area (Å²) in [5, 5.41) is 0. The molecule has 0 aromatic heterocycles. The first-order valence-electron chi connectivity index (χ1n) is 10.7. The van der Waals surface area contributed by atoms with Crippen LogP contribution in [0.2, 0.25) is 0 Å². The van der Waals surface area contributed by atoms with E-state index < -0.39 is 0 Å². The molecule has 1 unspecified atom stereocenters. The summed E-state index contributed by atoms with van der Waals surface area (Å²) in [6, 6.07) is 0. The van der Waals surface area contributed by atoms with Gasteiger partial charge in [-0.3, -0.25) is 0 Å². The number of hydrogen-bond acceptors (Lipinski definition) is 1. The van der Waals surface area contributed by atoms with Crippen molar-refractivity contribution in [3.8, 4) is 0 Å². The molecule has 1 fully saturated rings. The average Bonchev–Trinajstić information content (AvgIpc) is 3.31. The van der Waals surface area contributed by atoms with Gasteiger partial charge in [-0.25, -0.2) is 0 Å². The molecule has 1 heteroatoms. The van der Waals surface area contributed by atoms with Gasteiger partial charge in [-0.2, -0.15) is 0 Å². The van der Waals surface area contributed by atoms with Crippen molar-refractivity contribution in [1.82, 2.24) is 0 Å². The van der Waals surface area contributed by atoms with Gasteiger partial charge in [0.1, 0.15) is 0 Å². The number of methoxy groups -OCH3 is 1. The van der Waals surface area contributed by atoms with Crippen LogP contribution in [0.25, 0.3) is 0 Å². The van der Waals surface area contributed by atoms with Gasteiger partial charge in [0.2, 0.25) is 0 Å². The lowest BCUT2D eigenvalue weighted by Crippen LogP contribution is -2.08. The van der Waals surface area contributed by atoms with Gasteiger partial charge in [0.25, 0.3) is 0 Å². The zero-order valence-electron chi connectivity index (χ0n) is 16.5. The molecule has 1 nitrogen and oxygen atoms in total. The number of ether oxygens (including phenoxy) is 1. The minimum atomic E-state index is 0.615. The Morgan fingerprint density at radius 1 is 0.783 bits per heavy atom. The Morgan fingerprint density at radius 2 is 1.26 bits per heavy atom. The summed E-state index contributed by atoms with van der Waals surface area (Å²) >= 11 is 0. The number of unbranched alkanes of at least 4 members (excludes halogenated alkanes) is 10. The van der Waals surface area contributed by atoms with E-state index >= 15 is 0 Å². The van der Waals surface area contributed by atoms with E-state index in [1.165, 1.54) is 103 Å². The highest BCUT2D eigenvalue weighted by Crippen LogP contribution is 2.50. The normalized spacial score (nSPS) is 17.3.